The van der Waals surface area contributed by atoms with Crippen molar-refractivity contribution in [3.63, 3.8) is 0 Å². The van der Waals surface area contributed by atoms with E-state index in [4.69, 9.17) is 9.47 Å². The van der Waals surface area contributed by atoms with Gasteiger partial charge in [-0.3, -0.25) is 0 Å². The number of nitrogens with zero attached hydrogens (tertiary/aromatic N) is 2. The summed E-state index contributed by atoms with van der Waals surface area (Å²) in [5, 5.41) is 2.86. The number of nitrogens with one attached hydrogen (secondary N) is 1. The van der Waals surface area contributed by atoms with Crippen LogP contribution in [-0.4, -0.2) is 36.3 Å². The van der Waals surface area contributed by atoms with Crippen molar-refractivity contribution in [3.05, 3.63) is 77.6 Å². The minimum atomic E-state index is -0.951. The zero-order chi connectivity index (χ0) is 21.3. The lowest BCUT2D eigenvalue weighted by Crippen LogP contribution is -2.44. The zero-order valence-corrected chi connectivity index (χ0v) is 16.6. The van der Waals surface area contributed by atoms with E-state index in [1.54, 1.807) is 30.2 Å². The molecule has 30 heavy (non-hydrogen) atoms. The van der Waals surface area contributed by atoms with Gasteiger partial charge in [0, 0.05) is 31.0 Å². The Morgan fingerprint density at radius 1 is 1.03 bits per heavy atom. The number of fused-ring (bicyclic) bond motifs is 1. The van der Waals surface area contributed by atoms with Crippen molar-refractivity contribution in [1.29, 1.82) is 0 Å². The lowest BCUT2D eigenvalue weighted by Gasteiger charge is -2.37. The molecule has 2 aromatic carbocycles. The Bertz CT molecular complexity index is 1080. The summed E-state index contributed by atoms with van der Waals surface area (Å²) < 4.78 is 40.0. The van der Waals surface area contributed by atoms with E-state index >= 15 is 0 Å². The van der Waals surface area contributed by atoms with Gasteiger partial charge < -0.3 is 24.3 Å². The molecule has 1 aromatic heterocycles. The molecule has 1 aliphatic heterocycles. The highest BCUT2D eigenvalue weighted by molar-refractivity contribution is 5.91. The van der Waals surface area contributed by atoms with E-state index < -0.39 is 17.7 Å². The summed E-state index contributed by atoms with van der Waals surface area (Å²) in [6, 6.07) is 11.6. The van der Waals surface area contributed by atoms with Crippen LogP contribution in [0.5, 0.6) is 11.5 Å². The van der Waals surface area contributed by atoms with E-state index in [-0.39, 0.29) is 6.03 Å². The molecule has 0 bridgehead atoms. The Kier molecular flexibility index (Phi) is 5.31. The molecule has 0 fully saturated rings. The lowest BCUT2D eigenvalue weighted by molar-refractivity contribution is 0.181. The molecule has 2 heterocycles. The Hall–Kier alpha value is -3.55. The van der Waals surface area contributed by atoms with Gasteiger partial charge in [0.2, 0.25) is 0 Å². The fourth-order valence-corrected chi connectivity index (χ4v) is 3.72. The fraction of sp³-hybridized carbons (Fsp3) is 0.227. The largest absolute Gasteiger partial charge is 0.497 e. The molecule has 3 aromatic rings. The molecule has 0 saturated carbocycles. The Morgan fingerprint density at radius 3 is 2.60 bits per heavy atom. The predicted octanol–water partition coefficient (Wildman–Crippen LogP) is 4.42. The zero-order valence-electron chi connectivity index (χ0n) is 16.6. The van der Waals surface area contributed by atoms with Gasteiger partial charge in [0.1, 0.15) is 11.5 Å². The van der Waals surface area contributed by atoms with Gasteiger partial charge in [0.15, 0.2) is 11.6 Å². The number of amides is 2. The van der Waals surface area contributed by atoms with Crippen LogP contribution < -0.4 is 14.8 Å². The maximum absolute atomic E-state index is 14.0. The summed E-state index contributed by atoms with van der Waals surface area (Å²) in [6.45, 7) is 0.991. The highest BCUT2D eigenvalue weighted by atomic mass is 19.2. The maximum Gasteiger partial charge on any atom is 0.322 e. The van der Waals surface area contributed by atoms with Gasteiger partial charge in [0.25, 0.3) is 0 Å². The fourth-order valence-electron chi connectivity index (χ4n) is 3.72. The number of rotatable bonds is 4. The molecule has 0 saturated heterocycles. The summed E-state index contributed by atoms with van der Waals surface area (Å²) in [6.07, 6.45) is 1.91. The third-order valence-electron chi connectivity index (χ3n) is 5.21. The lowest BCUT2D eigenvalue weighted by atomic mass is 10.00. The Balaban J connectivity index is 1.68. The van der Waals surface area contributed by atoms with Crippen LogP contribution in [0, 0.1) is 11.6 Å². The number of hydrogen-bond donors (Lipinski definition) is 1. The number of halogens is 2. The van der Waals surface area contributed by atoms with Gasteiger partial charge in [-0.1, -0.05) is 6.07 Å². The number of carbonyl (C=O) groups is 1. The third-order valence-corrected chi connectivity index (χ3v) is 5.21. The van der Waals surface area contributed by atoms with Crippen molar-refractivity contribution >= 4 is 11.7 Å². The minimum absolute atomic E-state index is 0.374. The Labute approximate surface area is 172 Å². The number of urea groups is 1. The van der Waals surface area contributed by atoms with Crippen LogP contribution in [0.1, 0.15) is 17.3 Å². The monoisotopic (exact) mass is 413 g/mol. The molecule has 0 aliphatic carbocycles. The van der Waals surface area contributed by atoms with E-state index in [0.29, 0.717) is 35.8 Å². The first-order chi connectivity index (χ1) is 14.5. The number of methoxy groups -OCH3 is 2. The maximum atomic E-state index is 14.0. The van der Waals surface area contributed by atoms with Gasteiger partial charge in [-0.25, -0.2) is 13.6 Å². The summed E-state index contributed by atoms with van der Waals surface area (Å²) in [5.74, 6) is -0.829. The van der Waals surface area contributed by atoms with Crippen LogP contribution in [0.15, 0.2) is 54.7 Å². The molecule has 156 valence electrons. The molecule has 8 heteroatoms. The quantitative estimate of drug-likeness (QED) is 0.689. The average Bonchev–Trinajstić information content (AvgIpc) is 3.24. The second kappa shape index (κ2) is 8.06. The number of ether oxygens (including phenoxy) is 2. The van der Waals surface area contributed by atoms with Crippen molar-refractivity contribution in [2.45, 2.75) is 12.6 Å². The first-order valence-corrected chi connectivity index (χ1v) is 9.41. The van der Waals surface area contributed by atoms with Crippen LogP contribution in [-0.2, 0) is 6.54 Å². The minimum Gasteiger partial charge on any atom is -0.497 e. The molecule has 6 nitrogen and oxygen atoms in total. The SMILES string of the molecule is COc1ccc(NC(=O)N2CCn3cccc3[C@@H]2c2ccc(F)c(F)c2)c(OC)c1. The van der Waals surface area contributed by atoms with Gasteiger partial charge >= 0.3 is 6.03 Å². The second-order valence-electron chi connectivity index (χ2n) is 6.89. The molecule has 1 N–H and O–H groups in total. The summed E-state index contributed by atoms with van der Waals surface area (Å²) in [7, 11) is 3.05. The molecular weight excluding hydrogens is 392 g/mol. The van der Waals surface area contributed by atoms with Crippen LogP contribution in [0.2, 0.25) is 0 Å². The van der Waals surface area contributed by atoms with E-state index in [1.165, 1.54) is 13.2 Å². The van der Waals surface area contributed by atoms with Crippen molar-refractivity contribution < 1.29 is 23.0 Å². The van der Waals surface area contributed by atoms with Crippen LogP contribution in [0.25, 0.3) is 0 Å². The standard InChI is InChI=1S/C22H21F2N3O3/c1-29-15-6-8-18(20(13-15)30-2)25-22(28)27-11-10-26-9-3-4-19(26)21(27)14-5-7-16(23)17(24)12-14/h3-9,12-13,21H,10-11H2,1-2H3,(H,25,28)/t21-/m0/s1. The molecule has 0 unspecified atom stereocenters. The number of benzene rings is 2. The smallest absolute Gasteiger partial charge is 0.322 e. The second-order valence-corrected chi connectivity index (χ2v) is 6.89. The number of hydrogen-bond acceptors (Lipinski definition) is 3. The number of carbonyl (C=O) groups excluding carboxylic acids is 1. The average molecular weight is 413 g/mol. The topological polar surface area (TPSA) is 55.7 Å². The highest BCUT2D eigenvalue weighted by Gasteiger charge is 2.33. The van der Waals surface area contributed by atoms with Crippen molar-refractivity contribution in [2.75, 3.05) is 26.1 Å². The molecule has 1 aliphatic rings. The molecule has 0 radical (unpaired) electrons. The summed E-state index contributed by atoms with van der Waals surface area (Å²) in [4.78, 5) is 14.8. The van der Waals surface area contributed by atoms with Gasteiger partial charge in [0.05, 0.1) is 25.9 Å². The third kappa shape index (κ3) is 3.56. The predicted molar refractivity (Wildman–Crippen MR) is 108 cm³/mol. The van der Waals surface area contributed by atoms with E-state index in [1.807, 2.05) is 22.9 Å². The first-order valence-electron chi connectivity index (χ1n) is 9.41. The number of anilines is 1. The first kappa shape index (κ1) is 19.8. The highest BCUT2D eigenvalue weighted by Crippen LogP contribution is 2.35. The van der Waals surface area contributed by atoms with Gasteiger partial charge in [-0.2, -0.15) is 0 Å². The molecule has 1 atom stereocenters. The van der Waals surface area contributed by atoms with Crippen LogP contribution in [0.3, 0.4) is 0 Å². The van der Waals surface area contributed by atoms with E-state index in [9.17, 15) is 13.6 Å². The summed E-state index contributed by atoms with van der Waals surface area (Å²) in [5.41, 5.74) is 1.79. The summed E-state index contributed by atoms with van der Waals surface area (Å²) >= 11 is 0. The normalized spacial score (nSPS) is 15.5. The number of aromatic nitrogens is 1. The molecular formula is C22H21F2N3O3. The molecule has 0 spiro atoms. The van der Waals surface area contributed by atoms with Crippen molar-refractivity contribution in [3.8, 4) is 11.5 Å². The van der Waals surface area contributed by atoms with E-state index in [0.717, 1.165) is 17.8 Å². The van der Waals surface area contributed by atoms with Crippen LogP contribution >= 0.6 is 0 Å². The van der Waals surface area contributed by atoms with E-state index in [2.05, 4.69) is 5.32 Å². The molecule has 4 rings (SSSR count). The van der Waals surface area contributed by atoms with Crippen LogP contribution in [0.4, 0.5) is 19.3 Å². The van der Waals surface area contributed by atoms with Gasteiger partial charge in [-0.15, -0.1) is 0 Å². The van der Waals surface area contributed by atoms with Crippen molar-refractivity contribution in [2.24, 2.45) is 0 Å². The van der Waals surface area contributed by atoms with Crippen molar-refractivity contribution in [1.82, 2.24) is 9.47 Å². The Morgan fingerprint density at radius 2 is 1.87 bits per heavy atom. The molecule has 2 amide bonds. The van der Waals surface area contributed by atoms with Gasteiger partial charge in [-0.05, 0) is 42.0 Å².